The van der Waals surface area contributed by atoms with Crippen LogP contribution in [0.3, 0.4) is 0 Å². The molecule has 92 valence electrons. The summed E-state index contributed by atoms with van der Waals surface area (Å²) in [6.07, 6.45) is 1.16. The van der Waals surface area contributed by atoms with Gasteiger partial charge in [0.25, 0.3) is 0 Å². The van der Waals surface area contributed by atoms with Crippen molar-refractivity contribution in [3.8, 4) is 0 Å². The van der Waals surface area contributed by atoms with Gasteiger partial charge in [-0.3, -0.25) is 5.41 Å². The Balaban J connectivity index is 2.24. The van der Waals surface area contributed by atoms with Crippen LogP contribution >= 0.6 is 0 Å². The van der Waals surface area contributed by atoms with Gasteiger partial charge in [0.15, 0.2) is 0 Å². The van der Waals surface area contributed by atoms with Crippen molar-refractivity contribution < 1.29 is 0 Å². The molecule has 1 aliphatic rings. The summed E-state index contributed by atoms with van der Waals surface area (Å²) >= 11 is 0. The van der Waals surface area contributed by atoms with Gasteiger partial charge in [-0.05, 0) is 32.1 Å². The lowest BCUT2D eigenvalue weighted by Gasteiger charge is -2.25. The Kier molecular flexibility index (Phi) is 3.64. The molecule has 1 heterocycles. The van der Waals surface area contributed by atoms with Gasteiger partial charge in [-0.1, -0.05) is 12.1 Å². The van der Waals surface area contributed by atoms with E-state index in [0.717, 1.165) is 43.9 Å². The second kappa shape index (κ2) is 5.19. The monoisotopic (exact) mass is 232 g/mol. The zero-order valence-corrected chi connectivity index (χ0v) is 10.3. The van der Waals surface area contributed by atoms with Crippen LogP contribution in [0.4, 0.5) is 5.69 Å². The normalized spacial score (nSPS) is 17.8. The van der Waals surface area contributed by atoms with Crippen molar-refractivity contribution in [1.29, 1.82) is 5.41 Å². The van der Waals surface area contributed by atoms with Crippen molar-refractivity contribution in [3.63, 3.8) is 0 Å². The molecule has 1 fully saturated rings. The van der Waals surface area contributed by atoms with E-state index in [1.54, 1.807) is 0 Å². The molecule has 0 amide bonds. The van der Waals surface area contributed by atoms with Gasteiger partial charge >= 0.3 is 0 Å². The van der Waals surface area contributed by atoms with Gasteiger partial charge in [-0.15, -0.1) is 0 Å². The Morgan fingerprint density at radius 1 is 1.18 bits per heavy atom. The number of nitrogens with one attached hydrogen (secondary N) is 1. The van der Waals surface area contributed by atoms with E-state index in [4.69, 9.17) is 11.1 Å². The van der Waals surface area contributed by atoms with E-state index in [-0.39, 0.29) is 5.84 Å². The molecule has 2 rings (SSSR count). The van der Waals surface area contributed by atoms with Gasteiger partial charge in [-0.25, -0.2) is 0 Å². The molecule has 0 radical (unpaired) electrons. The van der Waals surface area contributed by atoms with Crippen molar-refractivity contribution in [2.75, 3.05) is 38.1 Å². The number of benzene rings is 1. The minimum Gasteiger partial charge on any atom is -0.384 e. The highest BCUT2D eigenvalue weighted by Gasteiger charge is 2.15. The van der Waals surface area contributed by atoms with E-state index in [0.29, 0.717) is 0 Å². The standard InChI is InChI=1S/C13H20N4/c1-16-7-4-8-17(10-9-16)12-6-3-2-5-11(12)13(14)15/h2-3,5-6H,4,7-10H2,1H3,(H3,14,15). The lowest BCUT2D eigenvalue weighted by atomic mass is 10.1. The zero-order chi connectivity index (χ0) is 12.3. The predicted molar refractivity (Wildman–Crippen MR) is 71.8 cm³/mol. The first kappa shape index (κ1) is 11.9. The van der Waals surface area contributed by atoms with Gasteiger partial charge in [-0.2, -0.15) is 0 Å². The summed E-state index contributed by atoms with van der Waals surface area (Å²) < 4.78 is 0. The summed E-state index contributed by atoms with van der Waals surface area (Å²) in [6, 6.07) is 7.93. The van der Waals surface area contributed by atoms with Crippen molar-refractivity contribution in [3.05, 3.63) is 29.8 Å². The molecule has 0 aliphatic carbocycles. The van der Waals surface area contributed by atoms with Gasteiger partial charge in [0, 0.05) is 30.9 Å². The highest BCUT2D eigenvalue weighted by atomic mass is 15.2. The maximum Gasteiger partial charge on any atom is 0.124 e. The van der Waals surface area contributed by atoms with E-state index in [1.807, 2.05) is 18.2 Å². The first-order chi connectivity index (χ1) is 8.18. The lowest BCUT2D eigenvalue weighted by molar-refractivity contribution is 0.360. The fourth-order valence-corrected chi connectivity index (χ4v) is 2.26. The van der Waals surface area contributed by atoms with Gasteiger partial charge in [0.05, 0.1) is 0 Å². The predicted octanol–water partition coefficient (Wildman–Crippen LogP) is 1.11. The molecule has 0 saturated carbocycles. The highest BCUT2D eigenvalue weighted by Crippen LogP contribution is 2.21. The topological polar surface area (TPSA) is 56.4 Å². The largest absolute Gasteiger partial charge is 0.384 e. The third-order valence-electron chi connectivity index (χ3n) is 3.25. The molecule has 4 heteroatoms. The van der Waals surface area contributed by atoms with Crippen molar-refractivity contribution in [2.24, 2.45) is 5.73 Å². The van der Waals surface area contributed by atoms with Crippen molar-refractivity contribution in [2.45, 2.75) is 6.42 Å². The molecule has 1 saturated heterocycles. The number of para-hydroxylation sites is 1. The first-order valence-corrected chi connectivity index (χ1v) is 6.05. The number of amidine groups is 1. The second-order valence-corrected chi connectivity index (χ2v) is 4.57. The maximum atomic E-state index is 7.63. The first-order valence-electron chi connectivity index (χ1n) is 6.05. The molecular formula is C13H20N4. The van der Waals surface area contributed by atoms with Crippen LogP contribution in [-0.2, 0) is 0 Å². The Morgan fingerprint density at radius 3 is 2.71 bits per heavy atom. The highest BCUT2D eigenvalue weighted by molar-refractivity contribution is 6.00. The van der Waals surface area contributed by atoms with Crippen LogP contribution in [0.1, 0.15) is 12.0 Å². The third-order valence-corrected chi connectivity index (χ3v) is 3.25. The van der Waals surface area contributed by atoms with Crippen LogP contribution in [0.5, 0.6) is 0 Å². The fraction of sp³-hybridized carbons (Fsp3) is 0.462. The number of nitrogens with zero attached hydrogens (tertiary/aromatic N) is 2. The molecule has 0 atom stereocenters. The lowest BCUT2D eigenvalue weighted by Crippen LogP contribution is -2.30. The van der Waals surface area contributed by atoms with Crippen molar-refractivity contribution >= 4 is 11.5 Å². The van der Waals surface area contributed by atoms with E-state index < -0.39 is 0 Å². The second-order valence-electron chi connectivity index (χ2n) is 4.57. The quantitative estimate of drug-likeness (QED) is 0.593. The van der Waals surface area contributed by atoms with Crippen LogP contribution in [0.25, 0.3) is 0 Å². The number of anilines is 1. The van der Waals surface area contributed by atoms with Crippen LogP contribution in [0.15, 0.2) is 24.3 Å². The van der Waals surface area contributed by atoms with E-state index >= 15 is 0 Å². The minimum atomic E-state index is 0.151. The number of rotatable bonds is 2. The Labute approximate surface area is 103 Å². The number of nitrogens with two attached hydrogens (primary N) is 1. The van der Waals surface area contributed by atoms with Gasteiger partial charge in [0.2, 0.25) is 0 Å². The average molecular weight is 232 g/mol. The van der Waals surface area contributed by atoms with Crippen LogP contribution < -0.4 is 10.6 Å². The number of hydrogen-bond donors (Lipinski definition) is 2. The van der Waals surface area contributed by atoms with Crippen molar-refractivity contribution in [1.82, 2.24) is 4.90 Å². The number of hydrogen-bond acceptors (Lipinski definition) is 3. The van der Waals surface area contributed by atoms with E-state index in [2.05, 4.69) is 22.9 Å². The Bertz CT molecular complexity index is 402. The third kappa shape index (κ3) is 2.77. The summed E-state index contributed by atoms with van der Waals surface area (Å²) in [6.45, 7) is 4.24. The number of nitrogen functional groups attached to an aromatic ring is 1. The maximum absolute atomic E-state index is 7.63. The van der Waals surface area contributed by atoms with Crippen LogP contribution in [0, 0.1) is 5.41 Å². The minimum absolute atomic E-state index is 0.151. The summed E-state index contributed by atoms with van der Waals surface area (Å²) in [4.78, 5) is 4.68. The molecule has 0 bridgehead atoms. The number of likely N-dealkylation sites (N-methyl/N-ethyl adjacent to an activating group) is 1. The fourth-order valence-electron chi connectivity index (χ4n) is 2.26. The molecule has 17 heavy (non-hydrogen) atoms. The molecular weight excluding hydrogens is 212 g/mol. The smallest absolute Gasteiger partial charge is 0.124 e. The van der Waals surface area contributed by atoms with E-state index in [1.165, 1.54) is 0 Å². The van der Waals surface area contributed by atoms with E-state index in [9.17, 15) is 0 Å². The molecule has 1 aliphatic heterocycles. The molecule has 4 nitrogen and oxygen atoms in total. The summed E-state index contributed by atoms with van der Waals surface area (Å²) in [5.41, 5.74) is 7.57. The van der Waals surface area contributed by atoms with Crippen LogP contribution in [0.2, 0.25) is 0 Å². The summed E-state index contributed by atoms with van der Waals surface area (Å²) in [5, 5.41) is 7.63. The van der Waals surface area contributed by atoms with Gasteiger partial charge < -0.3 is 15.5 Å². The molecule has 0 aromatic heterocycles. The molecule has 0 unspecified atom stereocenters. The SMILES string of the molecule is CN1CCCN(c2ccccc2C(=N)N)CC1. The van der Waals surface area contributed by atoms with Gasteiger partial charge in [0.1, 0.15) is 5.84 Å². The Morgan fingerprint density at radius 2 is 1.94 bits per heavy atom. The average Bonchev–Trinajstić information content (AvgIpc) is 2.54. The molecule has 0 spiro atoms. The summed E-state index contributed by atoms with van der Waals surface area (Å²) in [5.74, 6) is 0.151. The Hall–Kier alpha value is -1.55. The van der Waals surface area contributed by atoms with Crippen LogP contribution in [-0.4, -0.2) is 44.0 Å². The molecule has 1 aromatic rings. The molecule has 1 aromatic carbocycles. The zero-order valence-electron chi connectivity index (χ0n) is 10.3. The molecule has 3 N–H and O–H groups in total. The summed E-state index contributed by atoms with van der Waals surface area (Å²) in [7, 11) is 2.15.